The maximum absolute atomic E-state index is 11.3. The number of hydrogen-bond acceptors (Lipinski definition) is 3. The van der Waals surface area contributed by atoms with Gasteiger partial charge in [0.15, 0.2) is 5.69 Å². The molecule has 0 N–H and O–H groups in total. The minimum absolute atomic E-state index is 0.525. The SMILES string of the molecule is [O-][n+]1snc(-c2ccccc2)c1CBr. The summed E-state index contributed by atoms with van der Waals surface area (Å²) < 4.78 is 4.95. The molecule has 2 rings (SSSR count). The number of hydrogen-bond donors (Lipinski definition) is 0. The Morgan fingerprint density at radius 2 is 2.07 bits per heavy atom. The third-order valence-corrected chi connectivity index (χ3v) is 3.04. The molecule has 14 heavy (non-hydrogen) atoms. The van der Waals surface area contributed by atoms with Gasteiger partial charge in [-0.05, 0) is 0 Å². The van der Waals surface area contributed by atoms with Crippen molar-refractivity contribution in [3.8, 4) is 11.3 Å². The van der Waals surface area contributed by atoms with Gasteiger partial charge in [0.05, 0.1) is 5.33 Å². The van der Waals surface area contributed by atoms with Crippen LogP contribution in [0.15, 0.2) is 30.3 Å². The first-order valence-corrected chi connectivity index (χ1v) is 5.88. The van der Waals surface area contributed by atoms with Crippen LogP contribution < -0.4 is 4.12 Å². The summed E-state index contributed by atoms with van der Waals surface area (Å²) in [7, 11) is 0. The van der Waals surface area contributed by atoms with E-state index in [1.165, 1.54) is 0 Å². The Morgan fingerprint density at radius 3 is 2.71 bits per heavy atom. The number of alkyl halides is 1. The molecule has 0 saturated carbocycles. The van der Waals surface area contributed by atoms with Gasteiger partial charge < -0.3 is 5.21 Å². The smallest absolute Gasteiger partial charge is 0.281 e. The third kappa shape index (κ3) is 1.65. The first kappa shape index (κ1) is 9.61. The van der Waals surface area contributed by atoms with Gasteiger partial charge in [-0.15, -0.1) is 0 Å². The first-order chi connectivity index (χ1) is 6.83. The Morgan fingerprint density at radius 1 is 1.36 bits per heavy atom. The van der Waals surface area contributed by atoms with E-state index in [9.17, 15) is 5.21 Å². The molecular weight excluding hydrogens is 264 g/mol. The molecule has 1 aromatic carbocycles. The van der Waals surface area contributed by atoms with Crippen molar-refractivity contribution in [2.45, 2.75) is 5.33 Å². The summed E-state index contributed by atoms with van der Waals surface area (Å²) in [5.41, 5.74) is 2.41. The van der Waals surface area contributed by atoms with Crippen LogP contribution in [0.1, 0.15) is 5.69 Å². The molecule has 72 valence electrons. The molecule has 3 nitrogen and oxygen atoms in total. The maximum atomic E-state index is 11.3. The van der Waals surface area contributed by atoms with E-state index in [1.54, 1.807) is 0 Å². The molecule has 0 radical (unpaired) electrons. The lowest BCUT2D eigenvalue weighted by Crippen LogP contribution is -2.24. The first-order valence-electron chi connectivity index (χ1n) is 4.03. The van der Waals surface area contributed by atoms with E-state index in [0.29, 0.717) is 11.0 Å². The van der Waals surface area contributed by atoms with E-state index in [1.807, 2.05) is 30.3 Å². The third-order valence-electron chi connectivity index (χ3n) is 1.87. The monoisotopic (exact) mass is 270 g/mol. The van der Waals surface area contributed by atoms with E-state index >= 15 is 0 Å². The second-order valence-corrected chi connectivity index (χ2v) is 3.96. The van der Waals surface area contributed by atoms with E-state index in [4.69, 9.17) is 0 Å². The fourth-order valence-electron chi connectivity index (χ4n) is 1.19. The van der Waals surface area contributed by atoms with E-state index in [0.717, 1.165) is 27.1 Å². The summed E-state index contributed by atoms with van der Waals surface area (Å²) in [4.78, 5) is 0. The summed E-state index contributed by atoms with van der Waals surface area (Å²) >= 11 is 4.21. The normalized spacial score (nSPS) is 10.4. The van der Waals surface area contributed by atoms with E-state index in [-0.39, 0.29) is 0 Å². The van der Waals surface area contributed by atoms with Crippen molar-refractivity contribution in [1.82, 2.24) is 4.37 Å². The van der Waals surface area contributed by atoms with Gasteiger partial charge in [0, 0.05) is 9.94 Å². The van der Waals surface area contributed by atoms with Gasteiger partial charge in [0.2, 0.25) is 5.69 Å². The highest BCUT2D eigenvalue weighted by molar-refractivity contribution is 9.08. The lowest BCUT2D eigenvalue weighted by atomic mass is 10.1. The Bertz CT molecular complexity index is 430. The van der Waals surface area contributed by atoms with Crippen molar-refractivity contribution in [3.05, 3.63) is 41.2 Å². The lowest BCUT2D eigenvalue weighted by Gasteiger charge is -1.97. The molecule has 0 atom stereocenters. The van der Waals surface area contributed by atoms with Gasteiger partial charge in [-0.2, -0.15) is 4.12 Å². The molecule has 0 saturated heterocycles. The number of halogens is 1. The second-order valence-electron chi connectivity index (χ2n) is 2.73. The minimum atomic E-state index is 0.525. The molecule has 0 fully saturated rings. The number of benzene rings is 1. The van der Waals surface area contributed by atoms with Crippen LogP contribution in [0.2, 0.25) is 0 Å². The largest absolute Gasteiger partial charge is 0.700 e. The van der Waals surface area contributed by atoms with Crippen LogP contribution in [-0.4, -0.2) is 4.37 Å². The predicted octanol–water partition coefficient (Wildman–Crippen LogP) is 2.34. The molecule has 5 heteroatoms. The highest BCUT2D eigenvalue weighted by Crippen LogP contribution is 2.21. The highest BCUT2D eigenvalue weighted by atomic mass is 79.9. The molecule has 0 aliphatic rings. The van der Waals surface area contributed by atoms with Crippen LogP contribution in [0, 0.1) is 5.21 Å². The standard InChI is InChI=1S/C9H7BrN2OS/c10-6-8-9(11-14-12(8)13)7-4-2-1-3-5-7/h1-5H,6H2. The molecule has 1 heterocycles. The van der Waals surface area contributed by atoms with Crippen molar-refractivity contribution >= 4 is 27.7 Å². The molecule has 0 amide bonds. The van der Waals surface area contributed by atoms with E-state index < -0.39 is 0 Å². The van der Waals surface area contributed by atoms with Crippen molar-refractivity contribution in [3.63, 3.8) is 0 Å². The minimum Gasteiger partial charge on any atom is -0.700 e. The Hall–Kier alpha value is -0.940. The summed E-state index contributed by atoms with van der Waals surface area (Å²) in [6, 6.07) is 9.70. The van der Waals surface area contributed by atoms with Gasteiger partial charge in [-0.1, -0.05) is 46.3 Å². The van der Waals surface area contributed by atoms with Gasteiger partial charge in [-0.3, -0.25) is 0 Å². The van der Waals surface area contributed by atoms with Crippen molar-refractivity contribution in [2.75, 3.05) is 0 Å². The van der Waals surface area contributed by atoms with Gasteiger partial charge in [0.25, 0.3) is 11.7 Å². The summed E-state index contributed by atoms with van der Waals surface area (Å²) in [6.07, 6.45) is 0. The van der Waals surface area contributed by atoms with Crippen LogP contribution >= 0.6 is 27.7 Å². The molecule has 0 bridgehead atoms. The van der Waals surface area contributed by atoms with Crippen molar-refractivity contribution in [1.29, 1.82) is 0 Å². The zero-order chi connectivity index (χ0) is 9.97. The predicted molar refractivity (Wildman–Crippen MR) is 59.1 cm³/mol. The zero-order valence-electron chi connectivity index (χ0n) is 7.18. The molecule has 1 aromatic heterocycles. The fraction of sp³-hybridized carbons (Fsp3) is 0.111. The molecule has 2 aromatic rings. The van der Waals surface area contributed by atoms with Crippen molar-refractivity contribution in [2.24, 2.45) is 0 Å². The molecule has 0 aliphatic carbocycles. The van der Waals surface area contributed by atoms with E-state index in [2.05, 4.69) is 20.3 Å². The Balaban J connectivity index is 2.52. The van der Waals surface area contributed by atoms with Crippen molar-refractivity contribution < 1.29 is 4.12 Å². The lowest BCUT2D eigenvalue weighted by molar-refractivity contribution is -0.537. The van der Waals surface area contributed by atoms with Crippen LogP contribution in [0.5, 0.6) is 0 Å². The van der Waals surface area contributed by atoms with Gasteiger partial charge >= 0.3 is 0 Å². The zero-order valence-corrected chi connectivity index (χ0v) is 9.59. The van der Waals surface area contributed by atoms with Gasteiger partial charge in [0.1, 0.15) is 0 Å². The maximum Gasteiger partial charge on any atom is 0.281 e. The van der Waals surface area contributed by atoms with Crippen LogP contribution in [-0.2, 0) is 5.33 Å². The summed E-state index contributed by atoms with van der Waals surface area (Å²) in [5, 5.41) is 11.8. The molecule has 0 aliphatic heterocycles. The average Bonchev–Trinajstić information content (AvgIpc) is 2.61. The van der Waals surface area contributed by atoms with Crippen LogP contribution in [0.25, 0.3) is 11.3 Å². The molecule has 0 spiro atoms. The molecule has 0 unspecified atom stereocenters. The molecular formula is C9H7BrN2OS. The Kier molecular flexibility index (Phi) is 2.79. The topological polar surface area (TPSA) is 39.8 Å². The van der Waals surface area contributed by atoms with Crippen LogP contribution in [0.4, 0.5) is 0 Å². The highest BCUT2D eigenvalue weighted by Gasteiger charge is 2.18. The second kappa shape index (κ2) is 4.06. The summed E-state index contributed by atoms with van der Waals surface area (Å²) in [6.45, 7) is 0. The number of aromatic nitrogens is 2. The quantitative estimate of drug-likeness (QED) is 0.478. The number of nitrogens with zero attached hydrogens (tertiary/aromatic N) is 2. The van der Waals surface area contributed by atoms with Crippen LogP contribution in [0.3, 0.4) is 0 Å². The average molecular weight is 271 g/mol. The summed E-state index contributed by atoms with van der Waals surface area (Å²) in [5.74, 6) is 0. The fourth-order valence-corrected chi connectivity index (χ4v) is 2.47. The van der Waals surface area contributed by atoms with Gasteiger partial charge in [-0.25, -0.2) is 0 Å². The Labute approximate surface area is 94.0 Å². The number of rotatable bonds is 2.